The number of nitrogens with zero attached hydrogens (tertiary/aromatic N) is 1. The molecule has 0 atom stereocenters. The monoisotopic (exact) mass is 223 g/mol. The van der Waals surface area contributed by atoms with Gasteiger partial charge in [-0.2, -0.15) is 0 Å². The van der Waals surface area contributed by atoms with Crippen molar-refractivity contribution in [3.63, 3.8) is 0 Å². The Morgan fingerprint density at radius 2 is 2.12 bits per heavy atom. The molecule has 1 aromatic rings. The highest BCUT2D eigenvalue weighted by Gasteiger charge is 2.12. The fourth-order valence-corrected chi connectivity index (χ4v) is 1.50. The van der Waals surface area contributed by atoms with Crippen LogP contribution in [0.4, 0.5) is 5.69 Å². The zero-order valence-electron chi connectivity index (χ0n) is 9.73. The number of hydrogen-bond donors (Lipinski definition) is 0. The molecule has 1 aromatic carbocycles. The van der Waals surface area contributed by atoms with E-state index in [0.29, 0.717) is 19.6 Å². The maximum Gasteiger partial charge on any atom is 0.272 e. The summed E-state index contributed by atoms with van der Waals surface area (Å²) in [7, 11) is 0. The molecule has 16 heavy (non-hydrogen) atoms. The molecule has 1 rings (SSSR count). The first-order chi connectivity index (χ1) is 7.69. The van der Waals surface area contributed by atoms with E-state index < -0.39 is 0 Å². The van der Waals surface area contributed by atoms with Gasteiger partial charge in [0, 0.05) is 18.2 Å². The van der Waals surface area contributed by atoms with Crippen molar-refractivity contribution >= 4 is 5.69 Å². The van der Waals surface area contributed by atoms with Crippen molar-refractivity contribution in [2.75, 3.05) is 6.61 Å². The highest BCUT2D eigenvalue weighted by molar-refractivity contribution is 5.43. The van der Waals surface area contributed by atoms with Crippen LogP contribution in [0.25, 0.3) is 0 Å². The lowest BCUT2D eigenvalue weighted by molar-refractivity contribution is -0.385. The maximum atomic E-state index is 10.8. The summed E-state index contributed by atoms with van der Waals surface area (Å²) in [5.74, 6) is 0. The van der Waals surface area contributed by atoms with Crippen molar-refractivity contribution in [1.82, 2.24) is 0 Å². The number of rotatable bonds is 6. The van der Waals surface area contributed by atoms with Crippen LogP contribution in [0, 0.1) is 10.1 Å². The normalized spacial score (nSPS) is 10.4. The van der Waals surface area contributed by atoms with Crippen LogP contribution in [-0.4, -0.2) is 11.5 Å². The van der Waals surface area contributed by atoms with Gasteiger partial charge >= 0.3 is 0 Å². The molecule has 0 N–H and O–H groups in total. The summed E-state index contributed by atoms with van der Waals surface area (Å²) in [6.45, 7) is 5.07. The van der Waals surface area contributed by atoms with Crippen molar-refractivity contribution in [3.05, 3.63) is 39.4 Å². The highest BCUT2D eigenvalue weighted by atomic mass is 16.6. The van der Waals surface area contributed by atoms with E-state index >= 15 is 0 Å². The summed E-state index contributed by atoms with van der Waals surface area (Å²) >= 11 is 0. The topological polar surface area (TPSA) is 52.4 Å². The quantitative estimate of drug-likeness (QED) is 0.423. The highest BCUT2D eigenvalue weighted by Crippen LogP contribution is 2.21. The predicted octanol–water partition coefficient (Wildman–Crippen LogP) is 3.08. The van der Waals surface area contributed by atoms with Crippen molar-refractivity contribution < 1.29 is 9.66 Å². The Kier molecular flexibility index (Phi) is 4.92. The van der Waals surface area contributed by atoms with E-state index in [4.69, 9.17) is 4.74 Å². The van der Waals surface area contributed by atoms with Gasteiger partial charge in [-0.05, 0) is 18.4 Å². The van der Waals surface area contributed by atoms with Crippen LogP contribution in [0.5, 0.6) is 0 Å². The molecule has 0 amide bonds. The molecule has 0 aliphatic carbocycles. The smallest absolute Gasteiger partial charge is 0.272 e. The molecule has 0 heterocycles. The molecule has 0 spiro atoms. The van der Waals surface area contributed by atoms with Gasteiger partial charge < -0.3 is 4.74 Å². The van der Waals surface area contributed by atoms with Gasteiger partial charge in [-0.3, -0.25) is 10.1 Å². The third-order valence-corrected chi connectivity index (χ3v) is 2.34. The SMILES string of the molecule is CCCOCc1ccc(CC)c([N+](=O)[O-])c1. The zero-order chi connectivity index (χ0) is 12.0. The van der Waals surface area contributed by atoms with Gasteiger partial charge in [-0.25, -0.2) is 0 Å². The number of hydrogen-bond acceptors (Lipinski definition) is 3. The maximum absolute atomic E-state index is 10.8. The lowest BCUT2D eigenvalue weighted by Gasteiger charge is -2.05. The van der Waals surface area contributed by atoms with Crippen molar-refractivity contribution in [3.8, 4) is 0 Å². The van der Waals surface area contributed by atoms with Gasteiger partial charge in [0.2, 0.25) is 0 Å². The number of aryl methyl sites for hydroxylation is 1. The second-order valence-corrected chi connectivity index (χ2v) is 3.63. The first-order valence-corrected chi connectivity index (χ1v) is 5.53. The number of benzene rings is 1. The molecule has 0 aliphatic rings. The Hall–Kier alpha value is -1.42. The molecule has 0 radical (unpaired) electrons. The fourth-order valence-electron chi connectivity index (χ4n) is 1.50. The van der Waals surface area contributed by atoms with Gasteiger partial charge in [0.25, 0.3) is 5.69 Å². The molecule has 0 fully saturated rings. The van der Waals surface area contributed by atoms with E-state index in [-0.39, 0.29) is 10.6 Å². The van der Waals surface area contributed by atoms with E-state index in [2.05, 4.69) is 0 Å². The molecule has 0 unspecified atom stereocenters. The van der Waals surface area contributed by atoms with E-state index in [1.165, 1.54) is 0 Å². The molecule has 4 nitrogen and oxygen atoms in total. The first kappa shape index (κ1) is 12.6. The molecular weight excluding hydrogens is 206 g/mol. The van der Waals surface area contributed by atoms with Gasteiger partial charge in [-0.15, -0.1) is 0 Å². The minimum Gasteiger partial charge on any atom is -0.377 e. The molecule has 0 saturated carbocycles. The van der Waals surface area contributed by atoms with Crippen LogP contribution >= 0.6 is 0 Å². The average Bonchev–Trinajstić information content (AvgIpc) is 2.29. The lowest BCUT2D eigenvalue weighted by Crippen LogP contribution is -1.98. The molecule has 4 heteroatoms. The van der Waals surface area contributed by atoms with Crippen LogP contribution in [-0.2, 0) is 17.8 Å². The van der Waals surface area contributed by atoms with Crippen LogP contribution in [0.2, 0.25) is 0 Å². The second kappa shape index (κ2) is 6.23. The summed E-state index contributed by atoms with van der Waals surface area (Å²) in [6, 6.07) is 5.30. The summed E-state index contributed by atoms with van der Waals surface area (Å²) < 4.78 is 5.35. The van der Waals surface area contributed by atoms with Gasteiger partial charge in [0.1, 0.15) is 0 Å². The van der Waals surface area contributed by atoms with E-state index in [9.17, 15) is 10.1 Å². The Labute approximate surface area is 95.4 Å². The summed E-state index contributed by atoms with van der Waals surface area (Å²) in [5, 5.41) is 10.8. The lowest BCUT2D eigenvalue weighted by atomic mass is 10.1. The first-order valence-electron chi connectivity index (χ1n) is 5.53. The van der Waals surface area contributed by atoms with Crippen molar-refractivity contribution in [2.45, 2.75) is 33.3 Å². The molecule has 0 aliphatic heterocycles. The summed E-state index contributed by atoms with van der Waals surface area (Å²) in [5.41, 5.74) is 1.82. The second-order valence-electron chi connectivity index (χ2n) is 3.63. The van der Waals surface area contributed by atoms with Crippen molar-refractivity contribution in [1.29, 1.82) is 0 Å². The largest absolute Gasteiger partial charge is 0.377 e. The van der Waals surface area contributed by atoms with Gasteiger partial charge in [0.05, 0.1) is 11.5 Å². The minimum atomic E-state index is -0.331. The fraction of sp³-hybridized carbons (Fsp3) is 0.500. The molecule has 88 valence electrons. The average molecular weight is 223 g/mol. The number of nitro benzene ring substituents is 1. The van der Waals surface area contributed by atoms with Gasteiger partial charge in [0.15, 0.2) is 0 Å². The van der Waals surface area contributed by atoms with E-state index in [1.807, 2.05) is 26.0 Å². The zero-order valence-corrected chi connectivity index (χ0v) is 9.73. The molecule has 0 saturated heterocycles. The van der Waals surface area contributed by atoms with Crippen LogP contribution in [0.15, 0.2) is 18.2 Å². The van der Waals surface area contributed by atoms with Crippen LogP contribution in [0.1, 0.15) is 31.4 Å². The Balaban J connectivity index is 2.81. The number of ether oxygens (including phenoxy) is 1. The third kappa shape index (κ3) is 3.31. The van der Waals surface area contributed by atoms with Crippen molar-refractivity contribution in [2.24, 2.45) is 0 Å². The molecular formula is C12H17NO3. The van der Waals surface area contributed by atoms with Gasteiger partial charge in [-0.1, -0.05) is 26.0 Å². The van der Waals surface area contributed by atoms with Crippen LogP contribution in [0.3, 0.4) is 0 Å². The Bertz CT molecular complexity index is 363. The minimum absolute atomic E-state index is 0.195. The number of nitro groups is 1. The van der Waals surface area contributed by atoms with E-state index in [0.717, 1.165) is 17.5 Å². The summed E-state index contributed by atoms with van der Waals surface area (Å²) in [6.07, 6.45) is 1.63. The van der Waals surface area contributed by atoms with Crippen LogP contribution < -0.4 is 0 Å². The predicted molar refractivity (Wildman–Crippen MR) is 62.4 cm³/mol. The molecule has 0 bridgehead atoms. The third-order valence-electron chi connectivity index (χ3n) is 2.34. The Morgan fingerprint density at radius 3 is 2.69 bits per heavy atom. The summed E-state index contributed by atoms with van der Waals surface area (Å²) in [4.78, 5) is 10.5. The standard InChI is InChI=1S/C12H17NO3/c1-3-7-16-9-10-5-6-11(4-2)12(8-10)13(14)15/h5-6,8H,3-4,7,9H2,1-2H3. The molecule has 0 aromatic heterocycles. The van der Waals surface area contributed by atoms with E-state index in [1.54, 1.807) is 6.07 Å². The Morgan fingerprint density at radius 1 is 1.38 bits per heavy atom.